The van der Waals surface area contributed by atoms with Gasteiger partial charge in [0, 0.05) is 12.4 Å². The number of fused-ring (bicyclic) bond motifs is 1. The summed E-state index contributed by atoms with van der Waals surface area (Å²) >= 11 is 6.42. The Morgan fingerprint density at radius 1 is 0.929 bits per heavy atom. The van der Waals surface area contributed by atoms with Gasteiger partial charge in [0.05, 0.1) is 16.6 Å². The number of benzene rings is 3. The van der Waals surface area contributed by atoms with E-state index >= 15 is 0 Å². The number of nitrogens with zero attached hydrogens (tertiary/aromatic N) is 1. The van der Waals surface area contributed by atoms with Gasteiger partial charge in [-0.2, -0.15) is 0 Å². The highest BCUT2D eigenvalue weighted by Crippen LogP contribution is 2.27. The third-order valence-corrected chi connectivity index (χ3v) is 5.18. The van der Waals surface area contributed by atoms with Crippen LogP contribution in [0.3, 0.4) is 0 Å². The van der Waals surface area contributed by atoms with Crippen molar-refractivity contribution in [3.63, 3.8) is 0 Å². The zero-order valence-corrected chi connectivity index (χ0v) is 16.1. The monoisotopic (exact) mass is 386 g/mol. The lowest BCUT2D eigenvalue weighted by Gasteiger charge is -2.17. The van der Waals surface area contributed by atoms with E-state index in [0.29, 0.717) is 10.6 Å². The highest BCUT2D eigenvalue weighted by atomic mass is 35.5. The van der Waals surface area contributed by atoms with Crippen LogP contribution >= 0.6 is 11.6 Å². The van der Waals surface area contributed by atoms with E-state index in [0.717, 1.165) is 27.5 Å². The fourth-order valence-electron chi connectivity index (χ4n) is 3.40. The summed E-state index contributed by atoms with van der Waals surface area (Å²) in [5.41, 5.74) is 3.50. The molecule has 0 fully saturated rings. The number of carbonyl (C=O) groups is 1. The summed E-state index contributed by atoms with van der Waals surface area (Å²) < 4.78 is 0. The predicted octanol–water partition coefficient (Wildman–Crippen LogP) is 6.05. The number of carbonyl (C=O) groups excluding carboxylic acids is 1. The number of halogens is 1. The van der Waals surface area contributed by atoms with Crippen LogP contribution in [0.5, 0.6) is 0 Å². The third kappa shape index (κ3) is 3.62. The molecule has 4 aromatic rings. The van der Waals surface area contributed by atoms with Gasteiger partial charge >= 0.3 is 0 Å². The fourth-order valence-corrected chi connectivity index (χ4v) is 3.67. The van der Waals surface area contributed by atoms with E-state index in [1.807, 2.05) is 55.5 Å². The molecule has 1 amide bonds. The Morgan fingerprint density at radius 2 is 1.68 bits per heavy atom. The minimum atomic E-state index is -0.188. The lowest BCUT2D eigenvalue weighted by molar-refractivity contribution is 0.0940. The molecule has 0 spiro atoms. The van der Waals surface area contributed by atoms with Crippen LogP contribution in [0, 0.1) is 0 Å². The SMILES string of the molecule is C[C@@H](NC(=O)c1ccc(-c2ccncc2)cc1Cl)c1cccc2ccccc12. The molecule has 0 unspecified atom stereocenters. The Kier molecular flexibility index (Phi) is 5.09. The summed E-state index contributed by atoms with van der Waals surface area (Å²) in [4.78, 5) is 16.9. The van der Waals surface area contributed by atoms with Gasteiger partial charge in [-0.15, -0.1) is 0 Å². The maximum absolute atomic E-state index is 12.8. The Hall–Kier alpha value is -3.17. The number of hydrogen-bond donors (Lipinski definition) is 1. The first kappa shape index (κ1) is 18.2. The first-order chi connectivity index (χ1) is 13.6. The molecule has 0 aliphatic carbocycles. The smallest absolute Gasteiger partial charge is 0.253 e. The Balaban J connectivity index is 1.58. The second-order valence-electron chi connectivity index (χ2n) is 6.69. The number of aromatic nitrogens is 1. The van der Waals surface area contributed by atoms with Gasteiger partial charge in [-0.1, -0.05) is 60.1 Å². The summed E-state index contributed by atoms with van der Waals surface area (Å²) in [6.45, 7) is 1.99. The van der Waals surface area contributed by atoms with Crippen molar-refractivity contribution in [3.8, 4) is 11.1 Å². The van der Waals surface area contributed by atoms with Gasteiger partial charge < -0.3 is 5.32 Å². The van der Waals surface area contributed by atoms with E-state index in [1.165, 1.54) is 0 Å². The highest BCUT2D eigenvalue weighted by molar-refractivity contribution is 6.34. The molecule has 0 saturated carbocycles. The van der Waals surface area contributed by atoms with Gasteiger partial charge in [0.1, 0.15) is 0 Å². The molecule has 0 radical (unpaired) electrons. The molecule has 138 valence electrons. The lowest BCUT2D eigenvalue weighted by atomic mass is 9.99. The van der Waals surface area contributed by atoms with Crippen molar-refractivity contribution in [3.05, 3.63) is 101 Å². The van der Waals surface area contributed by atoms with E-state index in [4.69, 9.17) is 11.6 Å². The van der Waals surface area contributed by atoms with Gasteiger partial charge in [0.25, 0.3) is 5.91 Å². The molecule has 4 heteroatoms. The number of pyridine rings is 1. The zero-order valence-electron chi connectivity index (χ0n) is 15.4. The molecule has 0 saturated heterocycles. The minimum absolute atomic E-state index is 0.144. The van der Waals surface area contributed by atoms with Crippen LogP contribution in [0.25, 0.3) is 21.9 Å². The molecule has 3 nitrogen and oxygen atoms in total. The molecule has 0 aliphatic heterocycles. The van der Waals surface area contributed by atoms with Crippen molar-refractivity contribution in [1.29, 1.82) is 0 Å². The average molecular weight is 387 g/mol. The van der Waals surface area contributed by atoms with Crippen molar-refractivity contribution in [2.24, 2.45) is 0 Å². The summed E-state index contributed by atoms with van der Waals surface area (Å²) in [6.07, 6.45) is 3.46. The van der Waals surface area contributed by atoms with Crippen molar-refractivity contribution < 1.29 is 4.79 Å². The first-order valence-corrected chi connectivity index (χ1v) is 9.50. The molecule has 1 atom stereocenters. The van der Waals surface area contributed by atoms with Crippen LogP contribution in [0.4, 0.5) is 0 Å². The van der Waals surface area contributed by atoms with Crippen molar-refractivity contribution >= 4 is 28.3 Å². The Bertz CT molecular complexity index is 1140. The van der Waals surface area contributed by atoms with E-state index in [1.54, 1.807) is 18.5 Å². The molecule has 1 aromatic heterocycles. The molecule has 1 heterocycles. The standard InChI is InChI=1S/C24H19ClN2O/c1-16(20-8-4-6-18-5-2-3-7-21(18)20)27-24(28)22-10-9-19(15-23(22)25)17-11-13-26-14-12-17/h2-16H,1H3,(H,27,28)/t16-/m1/s1. The number of amides is 1. The topological polar surface area (TPSA) is 42.0 Å². The van der Waals surface area contributed by atoms with Gasteiger partial charge in [0.15, 0.2) is 0 Å². The van der Waals surface area contributed by atoms with E-state index in [9.17, 15) is 4.79 Å². The van der Waals surface area contributed by atoms with E-state index in [-0.39, 0.29) is 11.9 Å². The molecule has 0 bridgehead atoms. The zero-order chi connectivity index (χ0) is 19.5. The molecule has 3 aromatic carbocycles. The number of rotatable bonds is 4. The van der Waals surface area contributed by atoms with E-state index < -0.39 is 0 Å². The molecule has 28 heavy (non-hydrogen) atoms. The molecular weight excluding hydrogens is 368 g/mol. The van der Waals surface area contributed by atoms with Gasteiger partial charge in [-0.3, -0.25) is 9.78 Å². The molecule has 0 aliphatic rings. The van der Waals surface area contributed by atoms with Gasteiger partial charge in [-0.05, 0) is 58.7 Å². The maximum Gasteiger partial charge on any atom is 0.253 e. The second-order valence-corrected chi connectivity index (χ2v) is 7.10. The predicted molar refractivity (Wildman–Crippen MR) is 115 cm³/mol. The Morgan fingerprint density at radius 3 is 2.46 bits per heavy atom. The number of nitrogens with one attached hydrogen (secondary N) is 1. The van der Waals surface area contributed by atoms with Crippen LogP contribution in [0.1, 0.15) is 28.9 Å². The summed E-state index contributed by atoms with van der Waals surface area (Å²) in [5, 5.41) is 5.79. The Labute approximate surface area is 169 Å². The first-order valence-electron chi connectivity index (χ1n) is 9.12. The molecule has 4 rings (SSSR count). The van der Waals surface area contributed by atoms with Gasteiger partial charge in [-0.25, -0.2) is 0 Å². The maximum atomic E-state index is 12.8. The second kappa shape index (κ2) is 7.83. The minimum Gasteiger partial charge on any atom is -0.345 e. The van der Waals surface area contributed by atoms with Crippen LogP contribution in [0.15, 0.2) is 85.2 Å². The quantitative estimate of drug-likeness (QED) is 0.464. The van der Waals surface area contributed by atoms with Crippen LogP contribution in [-0.4, -0.2) is 10.9 Å². The van der Waals surface area contributed by atoms with E-state index in [2.05, 4.69) is 28.5 Å². The highest BCUT2D eigenvalue weighted by Gasteiger charge is 2.16. The van der Waals surface area contributed by atoms with Crippen molar-refractivity contribution in [2.75, 3.05) is 0 Å². The lowest BCUT2D eigenvalue weighted by Crippen LogP contribution is -2.27. The fraction of sp³-hybridized carbons (Fsp3) is 0.0833. The van der Waals surface area contributed by atoms with Crippen molar-refractivity contribution in [2.45, 2.75) is 13.0 Å². The molecule has 1 N–H and O–H groups in total. The van der Waals surface area contributed by atoms with Crippen LogP contribution in [0.2, 0.25) is 5.02 Å². The summed E-state index contributed by atoms with van der Waals surface area (Å²) in [5.74, 6) is -0.188. The van der Waals surface area contributed by atoms with Crippen LogP contribution < -0.4 is 5.32 Å². The normalized spacial score (nSPS) is 11.9. The van der Waals surface area contributed by atoms with Crippen molar-refractivity contribution in [1.82, 2.24) is 10.3 Å². The third-order valence-electron chi connectivity index (χ3n) is 4.86. The largest absolute Gasteiger partial charge is 0.345 e. The summed E-state index contributed by atoms with van der Waals surface area (Å²) in [6, 6.07) is 23.5. The van der Waals surface area contributed by atoms with Gasteiger partial charge in [0.2, 0.25) is 0 Å². The van der Waals surface area contributed by atoms with Crippen LogP contribution in [-0.2, 0) is 0 Å². The summed E-state index contributed by atoms with van der Waals surface area (Å²) in [7, 11) is 0. The average Bonchev–Trinajstić information content (AvgIpc) is 2.73. The number of hydrogen-bond acceptors (Lipinski definition) is 2. The molecular formula is C24H19ClN2O.